The molecule has 0 aromatic carbocycles. The monoisotopic (exact) mass is 208 g/mol. The SMILES string of the molecule is CC=C1C[C@H]2CC(C(C)OC(C)=O)[C@@H]1C2. The van der Waals surface area contributed by atoms with E-state index >= 15 is 0 Å². The molecule has 2 fully saturated rings. The van der Waals surface area contributed by atoms with Crippen molar-refractivity contribution in [3.05, 3.63) is 11.6 Å². The van der Waals surface area contributed by atoms with Gasteiger partial charge in [0.2, 0.25) is 0 Å². The van der Waals surface area contributed by atoms with E-state index in [9.17, 15) is 4.79 Å². The maximum absolute atomic E-state index is 10.9. The first-order valence-electron chi connectivity index (χ1n) is 5.94. The molecule has 2 aliphatic rings. The van der Waals surface area contributed by atoms with Gasteiger partial charge in [0.25, 0.3) is 0 Å². The summed E-state index contributed by atoms with van der Waals surface area (Å²) in [6, 6.07) is 0. The van der Waals surface area contributed by atoms with E-state index in [0.717, 1.165) is 5.92 Å². The van der Waals surface area contributed by atoms with E-state index in [2.05, 4.69) is 13.0 Å². The van der Waals surface area contributed by atoms with Crippen LogP contribution in [-0.4, -0.2) is 12.1 Å². The van der Waals surface area contributed by atoms with Crippen molar-refractivity contribution < 1.29 is 9.53 Å². The van der Waals surface area contributed by atoms with Crippen LogP contribution in [0.4, 0.5) is 0 Å². The van der Waals surface area contributed by atoms with Crippen molar-refractivity contribution in [2.24, 2.45) is 17.8 Å². The Morgan fingerprint density at radius 1 is 1.53 bits per heavy atom. The number of carbonyl (C=O) groups is 1. The number of carbonyl (C=O) groups excluding carboxylic acids is 1. The molecule has 2 saturated carbocycles. The van der Waals surface area contributed by atoms with Crippen LogP contribution in [0.2, 0.25) is 0 Å². The number of fused-ring (bicyclic) bond motifs is 2. The van der Waals surface area contributed by atoms with Gasteiger partial charge >= 0.3 is 5.97 Å². The highest BCUT2D eigenvalue weighted by atomic mass is 16.5. The number of hydrogen-bond donors (Lipinski definition) is 0. The summed E-state index contributed by atoms with van der Waals surface area (Å²) in [5.74, 6) is 1.96. The molecule has 0 spiro atoms. The maximum Gasteiger partial charge on any atom is 0.302 e. The van der Waals surface area contributed by atoms with E-state index in [0.29, 0.717) is 11.8 Å². The van der Waals surface area contributed by atoms with Gasteiger partial charge in [-0.15, -0.1) is 0 Å². The number of ether oxygens (including phenoxy) is 1. The molecule has 0 aliphatic heterocycles. The first kappa shape index (κ1) is 10.7. The molecule has 84 valence electrons. The van der Waals surface area contributed by atoms with Gasteiger partial charge in [0.15, 0.2) is 0 Å². The van der Waals surface area contributed by atoms with E-state index in [1.165, 1.54) is 26.2 Å². The molecule has 0 aromatic heterocycles. The summed E-state index contributed by atoms with van der Waals surface area (Å²) in [6.07, 6.45) is 6.20. The zero-order valence-electron chi connectivity index (χ0n) is 9.82. The Balaban J connectivity index is 2.03. The first-order chi connectivity index (χ1) is 7.11. The molecular weight excluding hydrogens is 188 g/mol. The third kappa shape index (κ3) is 1.95. The van der Waals surface area contributed by atoms with Crippen LogP contribution in [0, 0.1) is 17.8 Å². The topological polar surface area (TPSA) is 26.3 Å². The van der Waals surface area contributed by atoms with Crippen LogP contribution < -0.4 is 0 Å². The highest BCUT2D eigenvalue weighted by Gasteiger charge is 2.45. The first-order valence-corrected chi connectivity index (χ1v) is 5.94. The van der Waals surface area contributed by atoms with Gasteiger partial charge in [-0.25, -0.2) is 0 Å². The van der Waals surface area contributed by atoms with Gasteiger partial charge < -0.3 is 4.74 Å². The average molecular weight is 208 g/mol. The Kier molecular flexibility index (Phi) is 2.85. The molecule has 0 amide bonds. The van der Waals surface area contributed by atoms with Crippen LogP contribution >= 0.6 is 0 Å². The lowest BCUT2D eigenvalue weighted by Crippen LogP contribution is -2.28. The second-order valence-electron chi connectivity index (χ2n) is 4.99. The number of allylic oxidation sites excluding steroid dienone is 2. The van der Waals surface area contributed by atoms with E-state index in [1.54, 1.807) is 5.57 Å². The Labute approximate surface area is 91.7 Å². The van der Waals surface area contributed by atoms with Crippen LogP contribution in [0.5, 0.6) is 0 Å². The lowest BCUT2D eigenvalue weighted by Gasteiger charge is -2.29. The molecule has 0 saturated heterocycles. The molecular formula is C13H20O2. The van der Waals surface area contributed by atoms with Crippen LogP contribution in [0.1, 0.15) is 40.0 Å². The summed E-state index contributed by atoms with van der Waals surface area (Å²) >= 11 is 0. The van der Waals surface area contributed by atoms with Gasteiger partial charge in [-0.1, -0.05) is 11.6 Å². The summed E-state index contributed by atoms with van der Waals surface area (Å²) < 4.78 is 5.31. The fraction of sp³-hybridized carbons (Fsp3) is 0.769. The third-order valence-corrected chi connectivity index (χ3v) is 4.04. The zero-order valence-corrected chi connectivity index (χ0v) is 9.82. The largest absolute Gasteiger partial charge is 0.463 e. The fourth-order valence-corrected chi connectivity index (χ4v) is 3.46. The van der Waals surface area contributed by atoms with E-state index < -0.39 is 0 Å². The van der Waals surface area contributed by atoms with E-state index in [4.69, 9.17) is 4.74 Å². The minimum Gasteiger partial charge on any atom is -0.463 e. The van der Waals surface area contributed by atoms with Crippen molar-refractivity contribution in [2.75, 3.05) is 0 Å². The van der Waals surface area contributed by atoms with Gasteiger partial charge in [-0.2, -0.15) is 0 Å². The minimum absolute atomic E-state index is 0.0905. The maximum atomic E-state index is 10.9. The third-order valence-electron chi connectivity index (χ3n) is 4.04. The molecule has 0 radical (unpaired) electrons. The fourth-order valence-electron chi connectivity index (χ4n) is 3.46. The number of rotatable bonds is 2. The van der Waals surface area contributed by atoms with Crippen LogP contribution in [0.15, 0.2) is 11.6 Å². The second-order valence-corrected chi connectivity index (χ2v) is 4.99. The molecule has 2 rings (SSSR count). The lowest BCUT2D eigenvalue weighted by molar-refractivity contribution is -0.148. The number of hydrogen-bond acceptors (Lipinski definition) is 2. The van der Waals surface area contributed by atoms with Gasteiger partial charge in [0, 0.05) is 12.8 Å². The summed E-state index contributed by atoms with van der Waals surface area (Å²) in [5, 5.41) is 0. The van der Waals surface area contributed by atoms with Crippen LogP contribution in [0.25, 0.3) is 0 Å². The average Bonchev–Trinajstić information content (AvgIpc) is 2.74. The minimum atomic E-state index is -0.146. The Bertz CT molecular complexity index is 293. The zero-order chi connectivity index (χ0) is 11.0. The van der Waals surface area contributed by atoms with Gasteiger partial charge in [0.05, 0.1) is 0 Å². The highest BCUT2D eigenvalue weighted by molar-refractivity contribution is 5.66. The summed E-state index contributed by atoms with van der Waals surface area (Å²) in [4.78, 5) is 10.9. The van der Waals surface area contributed by atoms with Crippen LogP contribution in [0.3, 0.4) is 0 Å². The van der Waals surface area contributed by atoms with E-state index in [1.807, 2.05) is 6.92 Å². The van der Waals surface area contributed by atoms with Crippen molar-refractivity contribution in [1.29, 1.82) is 0 Å². The van der Waals surface area contributed by atoms with Gasteiger partial charge in [0.1, 0.15) is 6.10 Å². The Morgan fingerprint density at radius 2 is 2.27 bits per heavy atom. The van der Waals surface area contributed by atoms with Crippen molar-refractivity contribution >= 4 is 5.97 Å². The smallest absolute Gasteiger partial charge is 0.302 e. The highest BCUT2D eigenvalue weighted by Crippen LogP contribution is 2.52. The predicted octanol–water partition coefficient (Wildman–Crippen LogP) is 2.93. The van der Waals surface area contributed by atoms with Crippen molar-refractivity contribution in [3.8, 4) is 0 Å². The van der Waals surface area contributed by atoms with Crippen molar-refractivity contribution in [3.63, 3.8) is 0 Å². The molecule has 0 N–H and O–H groups in total. The predicted molar refractivity (Wildman–Crippen MR) is 59.3 cm³/mol. The Hall–Kier alpha value is -0.790. The summed E-state index contributed by atoms with van der Waals surface area (Å²) in [7, 11) is 0. The molecule has 2 unspecified atom stereocenters. The Morgan fingerprint density at radius 3 is 2.80 bits per heavy atom. The number of esters is 1. The molecule has 2 nitrogen and oxygen atoms in total. The molecule has 2 aliphatic carbocycles. The van der Waals surface area contributed by atoms with Crippen molar-refractivity contribution in [2.45, 2.75) is 46.1 Å². The quantitative estimate of drug-likeness (QED) is 0.515. The van der Waals surface area contributed by atoms with Crippen molar-refractivity contribution in [1.82, 2.24) is 0 Å². The molecule has 4 atom stereocenters. The standard InChI is InChI=1S/C13H20O2/c1-4-11-5-10-6-12(13(11)7-10)8(2)15-9(3)14/h4,8,10,12-13H,5-7H2,1-3H3/t8?,10-,12?,13+/m0/s1. The second kappa shape index (κ2) is 3.99. The molecule has 15 heavy (non-hydrogen) atoms. The van der Waals surface area contributed by atoms with Gasteiger partial charge in [-0.05, 0) is 44.9 Å². The molecule has 2 heteroatoms. The van der Waals surface area contributed by atoms with E-state index in [-0.39, 0.29) is 12.1 Å². The summed E-state index contributed by atoms with van der Waals surface area (Å²) in [5.41, 5.74) is 1.59. The normalized spacial score (nSPS) is 38.3. The summed E-state index contributed by atoms with van der Waals surface area (Å²) in [6.45, 7) is 5.67. The molecule has 2 bridgehead atoms. The van der Waals surface area contributed by atoms with Crippen LogP contribution in [-0.2, 0) is 9.53 Å². The molecule has 0 aromatic rings. The molecule has 0 heterocycles. The lowest BCUT2D eigenvalue weighted by atomic mass is 9.82. The van der Waals surface area contributed by atoms with Gasteiger partial charge in [-0.3, -0.25) is 4.79 Å².